The van der Waals surface area contributed by atoms with Gasteiger partial charge in [0.05, 0.1) is 31.4 Å². The molecule has 0 amide bonds. The van der Waals surface area contributed by atoms with Crippen molar-refractivity contribution >= 4 is 27.5 Å². The zero-order valence-electron chi connectivity index (χ0n) is 16.6. The van der Waals surface area contributed by atoms with Crippen LogP contribution in [-0.2, 0) is 40.4 Å². The molecule has 0 unspecified atom stereocenters. The van der Waals surface area contributed by atoms with Crippen LogP contribution in [0.25, 0.3) is 10.2 Å². The van der Waals surface area contributed by atoms with Crippen LogP contribution < -0.4 is 11.2 Å². The highest BCUT2D eigenvalue weighted by molar-refractivity contribution is 7.19. The van der Waals surface area contributed by atoms with Crippen molar-refractivity contribution in [1.82, 2.24) is 9.13 Å². The van der Waals surface area contributed by atoms with Gasteiger partial charge in [0.15, 0.2) is 0 Å². The molecule has 1 aliphatic rings. The second kappa shape index (κ2) is 7.27. The van der Waals surface area contributed by atoms with Crippen LogP contribution in [0.3, 0.4) is 0 Å². The molecule has 8 heteroatoms. The van der Waals surface area contributed by atoms with Gasteiger partial charge in [0.25, 0.3) is 5.56 Å². The Hall–Kier alpha value is -2.71. The Kier molecular flexibility index (Phi) is 4.92. The molecule has 2 aromatic heterocycles. The van der Waals surface area contributed by atoms with Gasteiger partial charge in [0, 0.05) is 16.9 Å². The number of nitrogens with zero attached hydrogens (tertiary/aromatic N) is 2. The van der Waals surface area contributed by atoms with Gasteiger partial charge < -0.3 is 9.47 Å². The first-order valence-electron chi connectivity index (χ1n) is 9.33. The summed E-state index contributed by atoms with van der Waals surface area (Å²) in [7, 11) is 1.28. The molecule has 1 aliphatic heterocycles. The summed E-state index contributed by atoms with van der Waals surface area (Å²) in [4.78, 5) is 39.5. The lowest BCUT2D eigenvalue weighted by Crippen LogP contribution is -2.41. The Morgan fingerprint density at radius 2 is 1.93 bits per heavy atom. The number of methoxy groups -OCH3 is 1. The van der Waals surface area contributed by atoms with Crippen LogP contribution in [-0.4, -0.2) is 27.8 Å². The molecule has 0 spiro atoms. The Labute approximate surface area is 171 Å². The van der Waals surface area contributed by atoms with Gasteiger partial charge in [-0.3, -0.25) is 18.7 Å². The number of hydrogen-bond acceptors (Lipinski definition) is 6. The van der Waals surface area contributed by atoms with Crippen molar-refractivity contribution in [3.8, 4) is 0 Å². The predicted molar refractivity (Wildman–Crippen MR) is 110 cm³/mol. The minimum atomic E-state index is -0.546. The zero-order valence-corrected chi connectivity index (χ0v) is 17.4. The standard InChI is InChI=1S/C21H22N2O5S/c1-21(2)9-15-14(12-28-21)17-18(29-15)19(25)23(10-13-7-5-4-6-8-13)20(26)22(17)11-16(24)27-3/h4-8H,9-12H2,1-3H3. The summed E-state index contributed by atoms with van der Waals surface area (Å²) >= 11 is 1.39. The molecule has 7 nitrogen and oxygen atoms in total. The van der Waals surface area contributed by atoms with Gasteiger partial charge >= 0.3 is 11.7 Å². The minimum Gasteiger partial charge on any atom is -0.468 e. The molecule has 0 saturated carbocycles. The summed E-state index contributed by atoms with van der Waals surface area (Å²) in [6, 6.07) is 9.30. The van der Waals surface area contributed by atoms with E-state index in [1.54, 1.807) is 0 Å². The molecule has 29 heavy (non-hydrogen) atoms. The molecule has 4 rings (SSSR count). The average molecular weight is 414 g/mol. The first-order valence-corrected chi connectivity index (χ1v) is 10.1. The third-order valence-electron chi connectivity index (χ3n) is 5.13. The molecule has 3 aromatic rings. The number of fused-ring (bicyclic) bond motifs is 3. The molecule has 0 atom stereocenters. The third-order valence-corrected chi connectivity index (χ3v) is 6.34. The van der Waals surface area contributed by atoms with Crippen molar-refractivity contribution < 1.29 is 14.3 Å². The summed E-state index contributed by atoms with van der Waals surface area (Å²) in [5.41, 5.74) is 0.931. The zero-order chi connectivity index (χ0) is 20.8. The molecule has 0 fully saturated rings. The number of carbonyl (C=O) groups excluding carboxylic acids is 1. The number of carbonyl (C=O) groups is 1. The number of rotatable bonds is 4. The van der Waals surface area contributed by atoms with E-state index in [1.165, 1.54) is 27.6 Å². The molecule has 0 radical (unpaired) electrons. The van der Waals surface area contributed by atoms with Gasteiger partial charge in [-0.1, -0.05) is 30.3 Å². The van der Waals surface area contributed by atoms with E-state index in [9.17, 15) is 14.4 Å². The topological polar surface area (TPSA) is 79.5 Å². The third kappa shape index (κ3) is 3.54. The molecule has 152 valence electrons. The Morgan fingerprint density at radius 3 is 2.62 bits per heavy atom. The van der Waals surface area contributed by atoms with Crippen molar-refractivity contribution in [2.45, 2.75) is 45.6 Å². The summed E-state index contributed by atoms with van der Waals surface area (Å²) in [6.45, 7) is 4.17. The van der Waals surface area contributed by atoms with E-state index >= 15 is 0 Å². The van der Waals surface area contributed by atoms with Gasteiger partial charge in [-0.15, -0.1) is 11.3 Å². The maximum atomic E-state index is 13.3. The van der Waals surface area contributed by atoms with Crippen LogP contribution in [0.5, 0.6) is 0 Å². The second-order valence-corrected chi connectivity index (χ2v) is 8.83. The van der Waals surface area contributed by atoms with Crippen LogP contribution in [0, 0.1) is 0 Å². The highest BCUT2D eigenvalue weighted by atomic mass is 32.1. The molecule has 0 N–H and O–H groups in total. The van der Waals surface area contributed by atoms with Crippen molar-refractivity contribution in [3.05, 3.63) is 67.2 Å². The fourth-order valence-corrected chi connectivity index (χ4v) is 5.10. The number of aromatic nitrogens is 2. The monoisotopic (exact) mass is 414 g/mol. The van der Waals surface area contributed by atoms with Crippen molar-refractivity contribution in [3.63, 3.8) is 0 Å². The summed E-state index contributed by atoms with van der Waals surface area (Å²) in [5.74, 6) is -0.546. The second-order valence-electron chi connectivity index (χ2n) is 7.73. The van der Waals surface area contributed by atoms with Crippen molar-refractivity contribution in [2.24, 2.45) is 0 Å². The summed E-state index contributed by atoms with van der Waals surface area (Å²) < 4.78 is 13.7. The van der Waals surface area contributed by atoms with Crippen LogP contribution in [0.2, 0.25) is 0 Å². The normalized spacial score (nSPS) is 15.3. The predicted octanol–water partition coefficient (Wildman–Crippen LogP) is 2.30. The molecular formula is C21H22N2O5S. The SMILES string of the molecule is COC(=O)Cn1c(=O)n(Cc2ccccc2)c(=O)c2sc3c(c21)COC(C)(C)C3. The fourth-order valence-electron chi connectivity index (χ4n) is 3.63. The van der Waals surface area contributed by atoms with E-state index in [0.29, 0.717) is 23.2 Å². The first-order chi connectivity index (χ1) is 13.8. The number of hydrogen-bond donors (Lipinski definition) is 0. The highest BCUT2D eigenvalue weighted by Gasteiger charge is 2.32. The number of benzene rings is 1. The molecular weight excluding hydrogens is 392 g/mol. The highest BCUT2D eigenvalue weighted by Crippen LogP contribution is 2.37. The van der Waals surface area contributed by atoms with E-state index in [2.05, 4.69) is 0 Å². The molecule has 0 saturated heterocycles. The van der Waals surface area contributed by atoms with Crippen LogP contribution in [0.4, 0.5) is 0 Å². The maximum absolute atomic E-state index is 13.3. The Bertz CT molecular complexity index is 1200. The van der Waals surface area contributed by atoms with Crippen molar-refractivity contribution in [1.29, 1.82) is 0 Å². The van der Waals surface area contributed by atoms with Gasteiger partial charge in [-0.25, -0.2) is 4.79 Å². The van der Waals surface area contributed by atoms with Gasteiger partial charge in [-0.2, -0.15) is 0 Å². The smallest absolute Gasteiger partial charge is 0.332 e. The largest absolute Gasteiger partial charge is 0.468 e. The lowest BCUT2D eigenvalue weighted by Gasteiger charge is -2.30. The quantitative estimate of drug-likeness (QED) is 0.612. The molecule has 0 bridgehead atoms. The van der Waals surface area contributed by atoms with Crippen LogP contribution in [0.1, 0.15) is 29.9 Å². The van der Waals surface area contributed by atoms with E-state index in [0.717, 1.165) is 16.0 Å². The number of thiophene rings is 1. The van der Waals surface area contributed by atoms with Gasteiger partial charge in [-0.05, 0) is 19.4 Å². The first kappa shape index (κ1) is 19.6. The van der Waals surface area contributed by atoms with Crippen LogP contribution in [0.15, 0.2) is 39.9 Å². The summed E-state index contributed by atoms with van der Waals surface area (Å²) in [5, 5.41) is 0. The Balaban J connectivity index is 1.97. The minimum absolute atomic E-state index is 0.139. The van der Waals surface area contributed by atoms with Gasteiger partial charge in [0.1, 0.15) is 11.2 Å². The van der Waals surface area contributed by atoms with E-state index < -0.39 is 11.7 Å². The van der Waals surface area contributed by atoms with Gasteiger partial charge in [0.2, 0.25) is 0 Å². The van der Waals surface area contributed by atoms with Crippen molar-refractivity contribution in [2.75, 3.05) is 7.11 Å². The lowest BCUT2D eigenvalue weighted by molar-refractivity contribution is -0.141. The molecule has 1 aromatic carbocycles. The van der Waals surface area contributed by atoms with E-state index in [1.807, 2.05) is 44.2 Å². The van der Waals surface area contributed by atoms with E-state index in [4.69, 9.17) is 9.47 Å². The summed E-state index contributed by atoms with van der Waals surface area (Å²) in [6.07, 6.45) is 0.645. The lowest BCUT2D eigenvalue weighted by atomic mass is 9.98. The number of ether oxygens (including phenoxy) is 2. The molecule has 3 heterocycles. The van der Waals surface area contributed by atoms with Crippen LogP contribution >= 0.6 is 11.3 Å². The van der Waals surface area contributed by atoms with E-state index in [-0.39, 0.29) is 24.2 Å². The fraction of sp³-hybridized carbons (Fsp3) is 0.381. The average Bonchev–Trinajstić information content (AvgIpc) is 3.06. The Morgan fingerprint density at radius 1 is 1.21 bits per heavy atom. The molecule has 0 aliphatic carbocycles. The number of esters is 1. The maximum Gasteiger partial charge on any atom is 0.332 e.